The number of rotatable bonds is 0. The van der Waals surface area contributed by atoms with Gasteiger partial charge in [0.25, 0.3) is 0 Å². The van der Waals surface area contributed by atoms with Crippen LogP contribution >= 0.6 is 0 Å². The minimum atomic E-state index is -3.70. The molecule has 1 rings (SSSR count). The monoisotopic (exact) mass is 321 g/mol. The molecular weight excluding hydrogens is 321 g/mol. The maximum Gasteiger partial charge on any atom is 0.457 e. The van der Waals surface area contributed by atoms with Crippen LogP contribution in [-0.4, -0.2) is 34.6 Å². The Morgan fingerprint density at radius 1 is 1.14 bits per heavy atom. The third kappa shape index (κ3) is 1.96. The van der Waals surface area contributed by atoms with Crippen molar-refractivity contribution >= 4 is 36.6 Å². The molecule has 3 radical (unpaired) electrons. The van der Waals surface area contributed by atoms with Crippen molar-refractivity contribution in [2.24, 2.45) is 0 Å². The molecule has 0 aliphatic carbocycles. The summed E-state index contributed by atoms with van der Waals surface area (Å²) in [5.41, 5.74) is 0. The van der Waals surface area contributed by atoms with Gasteiger partial charge in [-0.05, 0) is 13.7 Å². The molecule has 0 aromatic carbocycles. The van der Waals surface area contributed by atoms with Gasteiger partial charge in [0.2, 0.25) is 0 Å². The minimum Gasteiger partial charge on any atom is -0.164 e. The molecule has 0 aromatic heterocycles. The van der Waals surface area contributed by atoms with E-state index in [2.05, 4.69) is 13.7 Å². The smallest absolute Gasteiger partial charge is 0.164 e. The molecule has 1 fully saturated rings. The van der Waals surface area contributed by atoms with Gasteiger partial charge in [-0.3, -0.25) is 0 Å². The van der Waals surface area contributed by atoms with Gasteiger partial charge in [0.15, 0.2) is 0 Å². The van der Waals surface area contributed by atoms with Crippen molar-refractivity contribution in [3.63, 3.8) is 0 Å². The Bertz CT molecular complexity index is 122. The fraction of sp³-hybridized carbons (Fsp3) is 0. The predicted octanol–water partition coefficient (Wildman–Crippen LogP) is -1.26. The van der Waals surface area contributed by atoms with Crippen LogP contribution in [0.3, 0.4) is 0 Å². The molecule has 1 heterocycles. The third-order valence-corrected chi connectivity index (χ3v) is 0.667. The average molecular weight is 321 g/mol. The summed E-state index contributed by atoms with van der Waals surface area (Å²) >= 11 is 0. The van der Waals surface area contributed by atoms with E-state index in [1.54, 1.807) is 0 Å². The zero-order valence-corrected chi connectivity index (χ0v) is 7.19. The molecular formula is BiO5S. The molecule has 1 aliphatic heterocycles. The van der Waals surface area contributed by atoms with Crippen LogP contribution in [0.4, 0.5) is 0 Å². The summed E-state index contributed by atoms with van der Waals surface area (Å²) < 4.78 is 25.8. The molecule has 0 N–H and O–H groups in total. The van der Waals surface area contributed by atoms with Crippen LogP contribution in [0.25, 0.3) is 0 Å². The summed E-state index contributed by atoms with van der Waals surface area (Å²) in [6, 6.07) is 0. The normalized spacial score (nSPS) is 24.6. The summed E-state index contributed by atoms with van der Waals surface area (Å²) in [5.74, 6) is 0. The van der Waals surface area contributed by atoms with Gasteiger partial charge in [-0.15, -0.1) is 0 Å². The molecule has 0 spiro atoms. The van der Waals surface area contributed by atoms with Crippen LogP contribution < -0.4 is 0 Å². The van der Waals surface area contributed by atoms with E-state index >= 15 is 0 Å². The Balaban J connectivity index is 0.000000360. The molecule has 1 aliphatic rings. The number of hydrogen-bond donors (Lipinski definition) is 0. The molecule has 7 heteroatoms. The summed E-state index contributed by atoms with van der Waals surface area (Å²) in [5, 5.41) is 3.35. The van der Waals surface area contributed by atoms with E-state index < -0.39 is 10.4 Å². The Hall–Kier alpha value is 0.713. The maximum atomic E-state index is 9.52. The molecule has 0 bridgehead atoms. The molecule has 41 valence electrons. The summed E-state index contributed by atoms with van der Waals surface area (Å²) in [6.07, 6.45) is 0. The van der Waals surface area contributed by atoms with Crippen molar-refractivity contribution in [2.45, 2.75) is 0 Å². The van der Waals surface area contributed by atoms with E-state index in [0.717, 1.165) is 0 Å². The van der Waals surface area contributed by atoms with Gasteiger partial charge in [-0.2, -0.15) is 8.42 Å². The molecule has 7 heavy (non-hydrogen) atoms. The van der Waals surface area contributed by atoms with Crippen LogP contribution in [0.2, 0.25) is 0 Å². The van der Waals surface area contributed by atoms with Gasteiger partial charge < -0.3 is 0 Å². The summed E-state index contributed by atoms with van der Waals surface area (Å²) in [4.78, 5) is 0. The molecule has 0 aromatic rings. The first-order valence-corrected chi connectivity index (χ1v) is 2.33. The van der Waals surface area contributed by atoms with Gasteiger partial charge in [-0.25, -0.2) is 0 Å². The van der Waals surface area contributed by atoms with Crippen LogP contribution in [0.1, 0.15) is 0 Å². The number of hydrogen-bond acceptors (Lipinski definition) is 5. The molecule has 5 nitrogen and oxygen atoms in total. The van der Waals surface area contributed by atoms with Crippen molar-refractivity contribution in [1.82, 2.24) is 0 Å². The first-order valence-electron chi connectivity index (χ1n) is 1.00. The van der Waals surface area contributed by atoms with E-state index in [1.165, 1.54) is 0 Å². The Morgan fingerprint density at radius 2 is 1.43 bits per heavy atom. The maximum absolute atomic E-state index is 9.52. The second-order valence-electron chi connectivity index (χ2n) is 0.612. The largest absolute Gasteiger partial charge is 0.457 e. The second kappa shape index (κ2) is 2.32. The second-order valence-corrected chi connectivity index (χ2v) is 1.70. The average Bonchev–Trinajstić information content (AvgIpc) is 1.32. The van der Waals surface area contributed by atoms with E-state index in [1.807, 2.05) is 0 Å². The van der Waals surface area contributed by atoms with Gasteiger partial charge in [0.05, 0.1) is 0 Å². The summed E-state index contributed by atoms with van der Waals surface area (Å²) in [7, 11) is -3.70. The van der Waals surface area contributed by atoms with E-state index in [-0.39, 0.29) is 26.2 Å². The predicted molar refractivity (Wildman–Crippen MR) is 17.9 cm³/mol. The van der Waals surface area contributed by atoms with E-state index in [9.17, 15) is 8.42 Å². The van der Waals surface area contributed by atoms with Crippen LogP contribution in [0.15, 0.2) is 0 Å². The van der Waals surface area contributed by atoms with Crippen molar-refractivity contribution in [2.75, 3.05) is 0 Å². The first kappa shape index (κ1) is 7.71. The van der Waals surface area contributed by atoms with Gasteiger partial charge in [-0.1, -0.05) is 0 Å². The SMILES string of the molecule is O=S1(=O)OOO1.[Bi]. The standard InChI is InChI=1S/Bi.O5S/c;1-6(2)4-3-5-6. The topological polar surface area (TPSA) is 61.8 Å². The Kier molecular flexibility index (Phi) is 2.56. The van der Waals surface area contributed by atoms with E-state index in [4.69, 9.17) is 0 Å². The fourth-order valence-corrected chi connectivity index (χ4v) is 0.219. The van der Waals surface area contributed by atoms with Crippen LogP contribution in [0.5, 0.6) is 0 Å². The molecule has 0 saturated carbocycles. The zero-order chi connectivity index (χ0) is 4.62. The Morgan fingerprint density at radius 3 is 1.43 bits per heavy atom. The molecule has 0 amide bonds. The summed E-state index contributed by atoms with van der Waals surface area (Å²) in [6.45, 7) is 0. The molecule has 1 saturated heterocycles. The van der Waals surface area contributed by atoms with Crippen molar-refractivity contribution in [1.29, 1.82) is 0 Å². The van der Waals surface area contributed by atoms with Crippen molar-refractivity contribution in [3.05, 3.63) is 0 Å². The van der Waals surface area contributed by atoms with Crippen LogP contribution in [-0.2, 0) is 24.1 Å². The minimum absolute atomic E-state index is 0. The quantitative estimate of drug-likeness (QED) is 0.412. The Labute approximate surface area is 58.9 Å². The zero-order valence-electron chi connectivity index (χ0n) is 2.90. The van der Waals surface area contributed by atoms with Gasteiger partial charge >= 0.3 is 10.4 Å². The van der Waals surface area contributed by atoms with Crippen LogP contribution in [0, 0.1) is 0 Å². The van der Waals surface area contributed by atoms with Crippen molar-refractivity contribution in [3.8, 4) is 0 Å². The molecule has 0 atom stereocenters. The third-order valence-electron chi connectivity index (χ3n) is 0.222. The molecule has 0 unspecified atom stereocenters. The van der Waals surface area contributed by atoms with E-state index in [0.29, 0.717) is 0 Å². The van der Waals surface area contributed by atoms with Gasteiger partial charge in [0, 0.05) is 26.2 Å². The van der Waals surface area contributed by atoms with Crippen molar-refractivity contribution < 1.29 is 22.1 Å². The fourth-order valence-electron chi connectivity index (χ4n) is 0.0731. The first-order chi connectivity index (χ1) is 2.71. The van der Waals surface area contributed by atoms with Gasteiger partial charge in [0.1, 0.15) is 0 Å².